The van der Waals surface area contributed by atoms with Gasteiger partial charge in [-0.2, -0.15) is 10.4 Å². The highest BCUT2D eigenvalue weighted by atomic mass is 16.5. The van der Waals surface area contributed by atoms with Crippen LogP contribution in [0.2, 0.25) is 0 Å². The zero-order valence-corrected chi connectivity index (χ0v) is 12.0. The van der Waals surface area contributed by atoms with Crippen LogP contribution in [0.1, 0.15) is 11.1 Å². The largest absolute Gasteiger partial charge is 0.457 e. The molecular formula is C17H15N3O2. The third kappa shape index (κ3) is 4.18. The number of aromatic nitrogens is 2. The standard InChI is InChI=1S/C17H15N3O2/c1-2-8-22-17(21)16(10-18)9-15-11-19-20(13-15)12-14-6-4-3-5-7-14/h2-7,9,11,13H,1,8,12H2/b16-9+. The van der Waals surface area contributed by atoms with Crippen molar-refractivity contribution in [3.8, 4) is 6.07 Å². The number of carbonyl (C=O) groups is 1. The number of hydrogen-bond acceptors (Lipinski definition) is 4. The van der Waals surface area contributed by atoms with Gasteiger partial charge in [-0.3, -0.25) is 4.68 Å². The van der Waals surface area contributed by atoms with Gasteiger partial charge >= 0.3 is 5.97 Å². The summed E-state index contributed by atoms with van der Waals surface area (Å²) in [6.07, 6.45) is 6.27. The number of ether oxygens (including phenoxy) is 1. The molecule has 0 bridgehead atoms. The zero-order chi connectivity index (χ0) is 15.8. The molecule has 0 aliphatic rings. The highest BCUT2D eigenvalue weighted by molar-refractivity contribution is 5.97. The fourth-order valence-corrected chi connectivity index (χ4v) is 1.83. The molecule has 110 valence electrons. The van der Waals surface area contributed by atoms with E-state index >= 15 is 0 Å². The molecule has 0 unspecified atom stereocenters. The molecule has 0 fully saturated rings. The van der Waals surface area contributed by atoms with E-state index in [0.29, 0.717) is 12.1 Å². The van der Waals surface area contributed by atoms with E-state index in [9.17, 15) is 4.79 Å². The molecule has 2 rings (SSSR count). The lowest BCUT2D eigenvalue weighted by atomic mass is 10.2. The van der Waals surface area contributed by atoms with Crippen molar-refractivity contribution in [2.75, 3.05) is 6.61 Å². The first-order chi connectivity index (χ1) is 10.7. The van der Waals surface area contributed by atoms with E-state index in [1.807, 2.05) is 36.4 Å². The molecule has 5 nitrogen and oxygen atoms in total. The molecule has 0 amide bonds. The Morgan fingerprint density at radius 3 is 2.86 bits per heavy atom. The smallest absolute Gasteiger partial charge is 0.349 e. The van der Waals surface area contributed by atoms with E-state index in [0.717, 1.165) is 5.56 Å². The van der Waals surface area contributed by atoms with Crippen molar-refractivity contribution in [1.82, 2.24) is 9.78 Å². The fourth-order valence-electron chi connectivity index (χ4n) is 1.83. The minimum atomic E-state index is -0.668. The molecule has 0 atom stereocenters. The van der Waals surface area contributed by atoms with Gasteiger partial charge in [0.15, 0.2) is 0 Å². The summed E-state index contributed by atoms with van der Waals surface area (Å²) < 4.78 is 6.59. The Morgan fingerprint density at radius 2 is 2.18 bits per heavy atom. The van der Waals surface area contributed by atoms with Gasteiger partial charge in [-0.25, -0.2) is 4.79 Å². The molecular weight excluding hydrogens is 278 g/mol. The summed E-state index contributed by atoms with van der Waals surface area (Å²) in [5.74, 6) is -0.668. The number of nitriles is 1. The van der Waals surface area contributed by atoms with Crippen LogP contribution in [0.15, 0.2) is 61.0 Å². The molecule has 0 spiro atoms. The second-order valence-electron chi connectivity index (χ2n) is 4.51. The quantitative estimate of drug-likeness (QED) is 0.355. The first kappa shape index (κ1) is 15.3. The van der Waals surface area contributed by atoms with Crippen LogP contribution in [-0.2, 0) is 16.1 Å². The van der Waals surface area contributed by atoms with E-state index in [-0.39, 0.29) is 12.2 Å². The van der Waals surface area contributed by atoms with E-state index in [4.69, 9.17) is 10.00 Å². The second kappa shape index (κ2) is 7.60. The van der Waals surface area contributed by atoms with Gasteiger partial charge in [0.05, 0.1) is 12.7 Å². The average molecular weight is 293 g/mol. The molecule has 0 N–H and O–H groups in total. The maximum atomic E-state index is 11.6. The van der Waals surface area contributed by atoms with Crippen LogP contribution in [0.25, 0.3) is 6.08 Å². The van der Waals surface area contributed by atoms with Crippen molar-refractivity contribution in [2.45, 2.75) is 6.54 Å². The van der Waals surface area contributed by atoms with Gasteiger partial charge in [0.25, 0.3) is 0 Å². The van der Waals surface area contributed by atoms with Crippen molar-refractivity contribution in [1.29, 1.82) is 5.26 Å². The summed E-state index contributed by atoms with van der Waals surface area (Å²) in [5, 5.41) is 13.2. The predicted molar refractivity (Wildman–Crippen MR) is 82.5 cm³/mol. The van der Waals surface area contributed by atoms with E-state index in [1.165, 1.54) is 12.2 Å². The molecule has 0 radical (unpaired) electrons. The monoisotopic (exact) mass is 293 g/mol. The SMILES string of the molecule is C=CCOC(=O)/C(C#N)=C/c1cnn(Cc2ccccc2)c1. The van der Waals surface area contributed by atoms with E-state index < -0.39 is 5.97 Å². The Hall–Kier alpha value is -3.13. The van der Waals surface area contributed by atoms with Gasteiger partial charge in [0.1, 0.15) is 18.2 Å². The Balaban J connectivity index is 2.10. The van der Waals surface area contributed by atoms with Crippen molar-refractivity contribution < 1.29 is 9.53 Å². The summed E-state index contributed by atoms with van der Waals surface area (Å²) in [7, 11) is 0. The number of benzene rings is 1. The van der Waals surface area contributed by atoms with Gasteiger partial charge in [-0.05, 0) is 11.6 Å². The third-order valence-corrected chi connectivity index (χ3v) is 2.82. The predicted octanol–water partition coefficient (Wildman–Crippen LogP) is 2.57. The number of carbonyl (C=O) groups excluding carboxylic acids is 1. The summed E-state index contributed by atoms with van der Waals surface area (Å²) >= 11 is 0. The molecule has 0 aliphatic carbocycles. The zero-order valence-electron chi connectivity index (χ0n) is 12.0. The molecule has 0 saturated carbocycles. The van der Waals surface area contributed by atoms with Crippen LogP contribution >= 0.6 is 0 Å². The average Bonchev–Trinajstić information content (AvgIpc) is 2.98. The normalized spacial score (nSPS) is 10.8. The lowest BCUT2D eigenvalue weighted by Crippen LogP contribution is -2.06. The Morgan fingerprint density at radius 1 is 1.41 bits per heavy atom. The molecule has 1 aromatic heterocycles. The van der Waals surface area contributed by atoms with Gasteiger partial charge in [-0.15, -0.1) is 0 Å². The molecule has 0 saturated heterocycles. The fraction of sp³-hybridized carbons (Fsp3) is 0.118. The maximum absolute atomic E-state index is 11.6. The summed E-state index contributed by atoms with van der Waals surface area (Å²) in [6, 6.07) is 11.7. The first-order valence-electron chi connectivity index (χ1n) is 6.69. The summed E-state index contributed by atoms with van der Waals surface area (Å²) in [5.41, 5.74) is 1.72. The van der Waals surface area contributed by atoms with Gasteiger partial charge < -0.3 is 4.74 Å². The number of esters is 1. The highest BCUT2D eigenvalue weighted by Gasteiger charge is 2.10. The Kier molecular flexibility index (Phi) is 5.27. The highest BCUT2D eigenvalue weighted by Crippen LogP contribution is 2.09. The Bertz CT molecular complexity index is 724. The summed E-state index contributed by atoms with van der Waals surface area (Å²) in [6.45, 7) is 4.15. The van der Waals surface area contributed by atoms with Crippen LogP contribution in [0.5, 0.6) is 0 Å². The number of rotatable bonds is 6. The van der Waals surface area contributed by atoms with Crippen LogP contribution in [0, 0.1) is 11.3 Å². The Labute approximate surface area is 128 Å². The minimum Gasteiger partial charge on any atom is -0.457 e. The molecule has 0 aliphatic heterocycles. The summed E-state index contributed by atoms with van der Waals surface area (Å²) in [4.78, 5) is 11.6. The van der Waals surface area contributed by atoms with Crippen LogP contribution in [0.3, 0.4) is 0 Å². The van der Waals surface area contributed by atoms with E-state index in [2.05, 4.69) is 11.7 Å². The topological polar surface area (TPSA) is 67.9 Å². The molecule has 1 heterocycles. The lowest BCUT2D eigenvalue weighted by molar-refractivity contribution is -0.137. The van der Waals surface area contributed by atoms with Crippen molar-refractivity contribution in [3.05, 3.63) is 72.1 Å². The minimum absolute atomic E-state index is 0.0684. The third-order valence-electron chi connectivity index (χ3n) is 2.82. The van der Waals surface area contributed by atoms with E-state index in [1.54, 1.807) is 17.1 Å². The maximum Gasteiger partial charge on any atom is 0.349 e. The second-order valence-corrected chi connectivity index (χ2v) is 4.51. The number of hydrogen-bond donors (Lipinski definition) is 0. The molecule has 22 heavy (non-hydrogen) atoms. The first-order valence-corrected chi connectivity index (χ1v) is 6.69. The van der Waals surface area contributed by atoms with Crippen molar-refractivity contribution in [3.63, 3.8) is 0 Å². The van der Waals surface area contributed by atoms with Crippen LogP contribution in [-0.4, -0.2) is 22.4 Å². The van der Waals surface area contributed by atoms with Crippen molar-refractivity contribution >= 4 is 12.0 Å². The van der Waals surface area contributed by atoms with Gasteiger partial charge in [-0.1, -0.05) is 43.0 Å². The molecule has 5 heteroatoms. The van der Waals surface area contributed by atoms with Gasteiger partial charge in [0.2, 0.25) is 0 Å². The van der Waals surface area contributed by atoms with Crippen LogP contribution < -0.4 is 0 Å². The molecule has 1 aromatic carbocycles. The van der Waals surface area contributed by atoms with Gasteiger partial charge in [0, 0.05) is 11.8 Å². The van der Waals surface area contributed by atoms with Crippen molar-refractivity contribution in [2.24, 2.45) is 0 Å². The molecule has 2 aromatic rings. The number of nitrogens with zero attached hydrogens (tertiary/aromatic N) is 3. The lowest BCUT2D eigenvalue weighted by Gasteiger charge is -2.00. The van der Waals surface area contributed by atoms with Crippen LogP contribution in [0.4, 0.5) is 0 Å².